The number of carbonyl (C=O) groups excluding carboxylic acids is 1. The predicted molar refractivity (Wildman–Crippen MR) is 111 cm³/mol. The van der Waals surface area contributed by atoms with Gasteiger partial charge in [-0.15, -0.1) is 0 Å². The number of aliphatic hydroxyl groups is 1. The molecule has 2 aromatic rings. The Labute approximate surface area is 177 Å². The number of carbonyl (C=O) groups is 1. The molecule has 1 aromatic heterocycles. The van der Waals surface area contributed by atoms with E-state index in [2.05, 4.69) is 28.2 Å². The van der Waals surface area contributed by atoms with Gasteiger partial charge in [0.2, 0.25) is 0 Å². The minimum Gasteiger partial charge on any atom is -0.485 e. The second kappa shape index (κ2) is 9.49. The molecule has 164 valence electrons. The van der Waals surface area contributed by atoms with E-state index in [4.69, 9.17) is 13.9 Å². The van der Waals surface area contributed by atoms with Gasteiger partial charge in [0.05, 0.1) is 12.3 Å². The summed E-state index contributed by atoms with van der Waals surface area (Å²) >= 11 is 0. The Morgan fingerprint density at radius 3 is 2.90 bits per heavy atom. The monoisotopic (exact) mass is 417 g/mol. The summed E-state index contributed by atoms with van der Waals surface area (Å²) in [4.78, 5) is 17.8. The molecular formula is C22H31N3O5. The smallest absolute Gasteiger partial charge is 0.407 e. The fourth-order valence-electron chi connectivity index (χ4n) is 3.53. The van der Waals surface area contributed by atoms with Crippen molar-refractivity contribution in [1.82, 2.24) is 15.2 Å². The van der Waals surface area contributed by atoms with Gasteiger partial charge in [-0.3, -0.25) is 4.90 Å². The number of β-amino-alcohol motifs (C(OH)–C–C–N with tert-alkyl or cyclic N) is 1. The highest BCUT2D eigenvalue weighted by atomic mass is 16.6. The first-order chi connectivity index (χ1) is 14.2. The third-order valence-corrected chi connectivity index (χ3v) is 4.92. The number of fused-ring (bicyclic) bond motifs is 1. The van der Waals surface area contributed by atoms with Crippen molar-refractivity contribution in [3.8, 4) is 5.75 Å². The molecule has 0 bridgehead atoms. The van der Waals surface area contributed by atoms with Gasteiger partial charge >= 0.3 is 6.09 Å². The number of aromatic nitrogens is 1. The number of oxazole rings is 1. The highest BCUT2D eigenvalue weighted by Gasteiger charge is 2.22. The van der Waals surface area contributed by atoms with Crippen LogP contribution in [0.3, 0.4) is 0 Å². The second-order valence-electron chi connectivity index (χ2n) is 8.60. The normalized spacial score (nSPS) is 15.4. The maximum absolute atomic E-state index is 11.7. The molecule has 0 spiro atoms. The van der Waals surface area contributed by atoms with Gasteiger partial charge in [-0.25, -0.2) is 9.78 Å². The van der Waals surface area contributed by atoms with Gasteiger partial charge in [-0.1, -0.05) is 6.07 Å². The molecule has 8 heteroatoms. The molecule has 0 fully saturated rings. The lowest BCUT2D eigenvalue weighted by Crippen LogP contribution is -2.43. The zero-order chi connectivity index (χ0) is 21.7. The Bertz CT molecular complexity index is 845. The first-order valence-corrected chi connectivity index (χ1v) is 10.2. The third kappa shape index (κ3) is 6.21. The van der Waals surface area contributed by atoms with Gasteiger partial charge in [-0.2, -0.15) is 0 Å². The van der Waals surface area contributed by atoms with E-state index in [9.17, 15) is 9.90 Å². The lowest BCUT2D eigenvalue weighted by molar-refractivity contribution is 0.0464. The molecule has 1 unspecified atom stereocenters. The maximum atomic E-state index is 11.7. The summed E-state index contributed by atoms with van der Waals surface area (Å²) in [5.74, 6) is 1.53. The van der Waals surface area contributed by atoms with Gasteiger partial charge in [0.1, 0.15) is 18.0 Å². The zero-order valence-electron chi connectivity index (χ0n) is 18.1. The zero-order valence-corrected chi connectivity index (χ0v) is 18.1. The Morgan fingerprint density at radius 2 is 2.20 bits per heavy atom. The number of amides is 1. The molecule has 8 nitrogen and oxygen atoms in total. The van der Waals surface area contributed by atoms with Crippen LogP contribution in [0.15, 0.2) is 29.1 Å². The molecule has 1 aliphatic heterocycles. The van der Waals surface area contributed by atoms with Gasteiger partial charge < -0.3 is 24.3 Å². The average molecular weight is 418 g/mol. The van der Waals surface area contributed by atoms with E-state index in [1.54, 1.807) is 27.0 Å². The van der Waals surface area contributed by atoms with Crippen LogP contribution in [-0.2, 0) is 24.3 Å². The molecule has 2 heterocycles. The number of rotatable bonds is 7. The van der Waals surface area contributed by atoms with Crippen molar-refractivity contribution in [2.75, 3.05) is 19.6 Å². The summed E-state index contributed by atoms with van der Waals surface area (Å²) in [5, 5.41) is 12.9. The van der Waals surface area contributed by atoms with Gasteiger partial charge in [0, 0.05) is 26.2 Å². The maximum Gasteiger partial charge on any atom is 0.407 e. The number of hydrogen-bond acceptors (Lipinski definition) is 7. The number of benzene rings is 1. The summed E-state index contributed by atoms with van der Waals surface area (Å²) in [5.41, 5.74) is 3.11. The number of ether oxygens (including phenoxy) is 2. The largest absolute Gasteiger partial charge is 0.485 e. The first kappa shape index (κ1) is 22.1. The van der Waals surface area contributed by atoms with E-state index in [1.165, 1.54) is 17.5 Å². The number of nitrogens with one attached hydrogen (secondary N) is 1. The SMILES string of the molecule is Cc1c(OCc2cnco2)ccc2c1CCN(CC(O)CNC(=O)OC(C)(C)C)C2. The van der Waals surface area contributed by atoms with E-state index in [0.29, 0.717) is 18.9 Å². The van der Waals surface area contributed by atoms with Crippen molar-refractivity contribution in [1.29, 1.82) is 0 Å². The molecular weight excluding hydrogens is 386 g/mol. The second-order valence-corrected chi connectivity index (χ2v) is 8.60. The molecule has 2 N–H and O–H groups in total. The Hall–Kier alpha value is -2.58. The van der Waals surface area contributed by atoms with Crippen molar-refractivity contribution < 1.29 is 23.8 Å². The molecule has 0 saturated heterocycles. The Balaban J connectivity index is 1.50. The number of aliphatic hydroxyl groups excluding tert-OH is 1. The van der Waals surface area contributed by atoms with Gasteiger partial charge in [0.25, 0.3) is 0 Å². The molecule has 3 rings (SSSR count). The molecule has 0 saturated carbocycles. The summed E-state index contributed by atoms with van der Waals surface area (Å²) in [6, 6.07) is 4.06. The number of alkyl carbamates (subject to hydrolysis) is 1. The van der Waals surface area contributed by atoms with Crippen LogP contribution in [0.5, 0.6) is 5.75 Å². The lowest BCUT2D eigenvalue weighted by Gasteiger charge is -2.31. The van der Waals surface area contributed by atoms with Crippen molar-refractivity contribution in [2.45, 2.75) is 59.0 Å². The Kier molecular flexibility index (Phi) is 6.99. The fourth-order valence-corrected chi connectivity index (χ4v) is 3.53. The summed E-state index contributed by atoms with van der Waals surface area (Å²) in [7, 11) is 0. The van der Waals surface area contributed by atoms with E-state index in [1.807, 2.05) is 6.07 Å². The Morgan fingerprint density at radius 1 is 1.40 bits per heavy atom. The topological polar surface area (TPSA) is 97.1 Å². The van der Waals surface area contributed by atoms with E-state index in [-0.39, 0.29) is 6.54 Å². The van der Waals surface area contributed by atoms with Crippen LogP contribution in [0.25, 0.3) is 0 Å². The van der Waals surface area contributed by atoms with Crippen molar-refractivity contribution in [3.63, 3.8) is 0 Å². The van der Waals surface area contributed by atoms with E-state index in [0.717, 1.165) is 30.8 Å². The fraction of sp³-hybridized carbons (Fsp3) is 0.545. The summed E-state index contributed by atoms with van der Waals surface area (Å²) in [6.45, 7) is 10.1. The standard InChI is InChI=1S/C22H31N3O5/c1-15-19-7-8-25(12-17(26)9-24-21(27)30-22(2,3)4)11-16(19)5-6-20(15)28-13-18-10-23-14-29-18/h5-6,10,14,17,26H,7-9,11-13H2,1-4H3,(H,24,27). The molecule has 1 aliphatic rings. The van der Waals surface area contributed by atoms with Crippen LogP contribution in [-0.4, -0.2) is 52.4 Å². The van der Waals surface area contributed by atoms with Crippen LogP contribution >= 0.6 is 0 Å². The average Bonchev–Trinajstić information content (AvgIpc) is 3.18. The predicted octanol–water partition coefficient (Wildman–Crippen LogP) is 2.81. The van der Waals surface area contributed by atoms with E-state index >= 15 is 0 Å². The van der Waals surface area contributed by atoms with Crippen LogP contribution in [0.2, 0.25) is 0 Å². The molecule has 0 radical (unpaired) electrons. The van der Waals surface area contributed by atoms with Crippen molar-refractivity contribution >= 4 is 6.09 Å². The van der Waals surface area contributed by atoms with Gasteiger partial charge in [0.15, 0.2) is 12.2 Å². The molecule has 30 heavy (non-hydrogen) atoms. The molecule has 0 aliphatic carbocycles. The quantitative estimate of drug-likeness (QED) is 0.715. The number of hydrogen-bond donors (Lipinski definition) is 2. The lowest BCUT2D eigenvalue weighted by atomic mass is 9.94. The minimum atomic E-state index is -0.662. The van der Waals surface area contributed by atoms with Gasteiger partial charge in [-0.05, 0) is 56.9 Å². The number of nitrogens with zero attached hydrogens (tertiary/aromatic N) is 2. The van der Waals surface area contributed by atoms with Crippen LogP contribution in [0, 0.1) is 6.92 Å². The highest BCUT2D eigenvalue weighted by molar-refractivity contribution is 5.67. The third-order valence-electron chi connectivity index (χ3n) is 4.92. The molecule has 1 amide bonds. The van der Waals surface area contributed by atoms with E-state index < -0.39 is 17.8 Å². The molecule has 1 aromatic carbocycles. The van der Waals surface area contributed by atoms with Crippen molar-refractivity contribution in [2.24, 2.45) is 0 Å². The van der Waals surface area contributed by atoms with Crippen molar-refractivity contribution in [3.05, 3.63) is 47.2 Å². The molecule has 1 atom stereocenters. The summed E-state index contributed by atoms with van der Waals surface area (Å²) in [6.07, 6.45) is 2.75. The summed E-state index contributed by atoms with van der Waals surface area (Å²) < 4.78 is 16.3. The van der Waals surface area contributed by atoms with Crippen LogP contribution in [0.1, 0.15) is 43.2 Å². The first-order valence-electron chi connectivity index (χ1n) is 10.2. The van der Waals surface area contributed by atoms with Crippen LogP contribution in [0.4, 0.5) is 4.79 Å². The minimum absolute atomic E-state index is 0.158. The van der Waals surface area contributed by atoms with Crippen LogP contribution < -0.4 is 10.1 Å². The highest BCUT2D eigenvalue weighted by Crippen LogP contribution is 2.29.